The van der Waals surface area contributed by atoms with Crippen molar-refractivity contribution in [2.75, 3.05) is 6.61 Å². The van der Waals surface area contributed by atoms with Gasteiger partial charge in [-0.1, -0.05) is 60.7 Å². The molecule has 0 aliphatic carbocycles. The Balaban J connectivity index is 1.93. The molecule has 136 valence electrons. The number of hydrogen-bond acceptors (Lipinski definition) is 2. The van der Waals surface area contributed by atoms with Gasteiger partial charge in [-0.2, -0.15) is 0 Å². The summed E-state index contributed by atoms with van der Waals surface area (Å²) in [5.41, 5.74) is 3.87. The first-order chi connectivity index (χ1) is 13.7. The lowest BCUT2D eigenvalue weighted by molar-refractivity contribution is 0.0527. The fraction of sp³-hybridized carbons (Fsp3) is 0.115. The van der Waals surface area contributed by atoms with E-state index in [2.05, 4.69) is 55.5 Å². The number of esters is 1. The number of carbonyl (C=O) groups excluding carboxylic acids is 1. The van der Waals surface area contributed by atoms with Crippen molar-refractivity contribution in [3.63, 3.8) is 0 Å². The number of ether oxygens (including phenoxy) is 1. The van der Waals surface area contributed by atoms with Gasteiger partial charge in [-0.05, 0) is 75.0 Å². The van der Waals surface area contributed by atoms with Gasteiger partial charge in [0.25, 0.3) is 0 Å². The molecule has 0 heterocycles. The Hall–Kier alpha value is -3.39. The van der Waals surface area contributed by atoms with Crippen molar-refractivity contribution in [1.82, 2.24) is 0 Å². The molecule has 0 saturated carbocycles. The van der Waals surface area contributed by atoms with Crippen LogP contribution in [0.25, 0.3) is 43.4 Å². The third-order valence-corrected chi connectivity index (χ3v) is 5.54. The van der Waals surface area contributed by atoms with Crippen molar-refractivity contribution in [2.45, 2.75) is 13.8 Å². The summed E-state index contributed by atoms with van der Waals surface area (Å²) in [6, 6.07) is 25.1. The Morgan fingerprint density at radius 2 is 1.46 bits per heavy atom. The monoisotopic (exact) mass is 364 g/mol. The maximum Gasteiger partial charge on any atom is 0.338 e. The number of aryl methyl sites for hydroxylation is 1. The molecule has 0 aliphatic rings. The lowest BCUT2D eigenvalue weighted by Gasteiger charge is -2.17. The van der Waals surface area contributed by atoms with Crippen LogP contribution in [0.1, 0.15) is 22.8 Å². The molecular weight excluding hydrogens is 344 g/mol. The van der Waals surface area contributed by atoms with Crippen LogP contribution in [0, 0.1) is 6.92 Å². The maximum absolute atomic E-state index is 12.6. The normalized spacial score (nSPS) is 11.5. The first-order valence-electron chi connectivity index (χ1n) is 9.62. The van der Waals surface area contributed by atoms with Crippen molar-refractivity contribution in [2.24, 2.45) is 0 Å². The first kappa shape index (κ1) is 16.8. The Kier molecular flexibility index (Phi) is 3.80. The average molecular weight is 364 g/mol. The highest BCUT2D eigenvalue weighted by molar-refractivity contribution is 6.27. The molecule has 0 radical (unpaired) electrons. The standard InChI is InChI=1S/C26H20O2/c1-3-28-26(27)22-11-5-4-10-20(22)23-15-18-9-6-12-19-16(2)14-17-8-7-13-21(23)25(17)24(18)19/h4-15H,3H2,1-2H3. The number of benzene rings is 5. The van der Waals surface area contributed by atoms with E-state index in [4.69, 9.17) is 4.74 Å². The van der Waals surface area contributed by atoms with Crippen LogP contribution in [-0.2, 0) is 4.74 Å². The maximum atomic E-state index is 12.6. The van der Waals surface area contributed by atoms with E-state index in [9.17, 15) is 4.79 Å². The van der Waals surface area contributed by atoms with Gasteiger partial charge >= 0.3 is 5.97 Å². The van der Waals surface area contributed by atoms with Gasteiger partial charge in [0.2, 0.25) is 0 Å². The minimum Gasteiger partial charge on any atom is -0.462 e. The SMILES string of the molecule is CCOC(=O)c1ccccc1-c1cc2cccc3c(C)cc4cccc1c4c23. The zero-order chi connectivity index (χ0) is 19.3. The van der Waals surface area contributed by atoms with E-state index >= 15 is 0 Å². The summed E-state index contributed by atoms with van der Waals surface area (Å²) in [6.45, 7) is 4.37. The third-order valence-electron chi connectivity index (χ3n) is 5.54. The van der Waals surface area contributed by atoms with E-state index in [0.717, 1.165) is 16.5 Å². The zero-order valence-electron chi connectivity index (χ0n) is 16.0. The summed E-state index contributed by atoms with van der Waals surface area (Å²) >= 11 is 0. The van der Waals surface area contributed by atoms with Gasteiger partial charge in [-0.25, -0.2) is 4.79 Å². The van der Waals surface area contributed by atoms with Crippen LogP contribution in [0.5, 0.6) is 0 Å². The number of hydrogen-bond donors (Lipinski definition) is 0. The topological polar surface area (TPSA) is 26.3 Å². The van der Waals surface area contributed by atoms with Gasteiger partial charge in [0.15, 0.2) is 0 Å². The molecule has 28 heavy (non-hydrogen) atoms. The van der Waals surface area contributed by atoms with E-state index < -0.39 is 0 Å². The molecule has 0 bridgehead atoms. The van der Waals surface area contributed by atoms with Gasteiger partial charge in [0, 0.05) is 0 Å². The Bertz CT molecular complexity index is 1350. The summed E-state index contributed by atoms with van der Waals surface area (Å²) < 4.78 is 5.31. The van der Waals surface area contributed by atoms with Crippen LogP contribution in [-0.4, -0.2) is 12.6 Å². The van der Waals surface area contributed by atoms with Crippen molar-refractivity contribution in [3.8, 4) is 11.1 Å². The zero-order valence-corrected chi connectivity index (χ0v) is 16.0. The van der Waals surface area contributed by atoms with Crippen LogP contribution >= 0.6 is 0 Å². The third kappa shape index (κ3) is 2.38. The summed E-state index contributed by atoms with van der Waals surface area (Å²) in [6.07, 6.45) is 0. The molecule has 2 nitrogen and oxygen atoms in total. The lowest BCUT2D eigenvalue weighted by atomic mass is 9.86. The van der Waals surface area contributed by atoms with Crippen molar-refractivity contribution in [3.05, 3.63) is 83.9 Å². The summed E-state index contributed by atoms with van der Waals surface area (Å²) in [5, 5.41) is 7.43. The molecular formula is C26H20O2. The molecule has 5 rings (SSSR count). The van der Waals surface area contributed by atoms with Crippen LogP contribution in [0.4, 0.5) is 0 Å². The highest BCUT2D eigenvalue weighted by Crippen LogP contribution is 2.42. The molecule has 5 aromatic carbocycles. The summed E-state index contributed by atoms with van der Waals surface area (Å²) in [7, 11) is 0. The molecule has 0 spiro atoms. The summed E-state index contributed by atoms with van der Waals surface area (Å²) in [4.78, 5) is 12.6. The molecule has 0 fully saturated rings. The van der Waals surface area contributed by atoms with Crippen molar-refractivity contribution < 1.29 is 9.53 Å². The Morgan fingerprint density at radius 1 is 0.786 bits per heavy atom. The average Bonchev–Trinajstić information content (AvgIpc) is 2.72. The van der Waals surface area contributed by atoms with E-state index in [1.807, 2.05) is 31.2 Å². The molecule has 0 aromatic heterocycles. The van der Waals surface area contributed by atoms with Gasteiger partial charge < -0.3 is 4.74 Å². The smallest absolute Gasteiger partial charge is 0.338 e. The molecule has 0 unspecified atom stereocenters. The van der Waals surface area contributed by atoms with Crippen LogP contribution < -0.4 is 0 Å². The van der Waals surface area contributed by atoms with E-state index in [1.54, 1.807) is 0 Å². The highest BCUT2D eigenvalue weighted by atomic mass is 16.5. The van der Waals surface area contributed by atoms with Crippen LogP contribution in [0.3, 0.4) is 0 Å². The van der Waals surface area contributed by atoms with E-state index in [0.29, 0.717) is 12.2 Å². The lowest BCUT2D eigenvalue weighted by Crippen LogP contribution is -2.06. The Labute approximate surface area is 163 Å². The van der Waals surface area contributed by atoms with Crippen molar-refractivity contribution >= 4 is 38.3 Å². The fourth-order valence-corrected chi connectivity index (χ4v) is 4.36. The predicted molar refractivity (Wildman–Crippen MR) is 116 cm³/mol. The van der Waals surface area contributed by atoms with Gasteiger partial charge in [0.05, 0.1) is 12.2 Å². The quantitative estimate of drug-likeness (QED) is 0.262. The molecule has 5 aromatic rings. The number of carbonyl (C=O) groups is 1. The van der Waals surface area contributed by atoms with Gasteiger partial charge in [-0.3, -0.25) is 0 Å². The molecule has 0 aliphatic heterocycles. The summed E-state index contributed by atoms with van der Waals surface area (Å²) in [5.74, 6) is -0.279. The second-order valence-corrected chi connectivity index (χ2v) is 7.19. The van der Waals surface area contributed by atoms with Crippen molar-refractivity contribution in [1.29, 1.82) is 0 Å². The molecule has 0 N–H and O–H groups in total. The predicted octanol–water partition coefficient (Wildman–Crippen LogP) is 6.74. The van der Waals surface area contributed by atoms with E-state index in [1.165, 1.54) is 32.5 Å². The minimum atomic E-state index is -0.279. The van der Waals surface area contributed by atoms with Crippen LogP contribution in [0.15, 0.2) is 72.8 Å². The molecule has 2 heteroatoms. The largest absolute Gasteiger partial charge is 0.462 e. The molecule has 0 atom stereocenters. The second-order valence-electron chi connectivity index (χ2n) is 7.19. The number of rotatable bonds is 3. The van der Waals surface area contributed by atoms with Crippen LogP contribution in [0.2, 0.25) is 0 Å². The Morgan fingerprint density at radius 3 is 2.25 bits per heavy atom. The first-order valence-corrected chi connectivity index (χ1v) is 9.62. The fourth-order valence-electron chi connectivity index (χ4n) is 4.36. The second kappa shape index (κ2) is 6.35. The van der Waals surface area contributed by atoms with Gasteiger partial charge in [0.1, 0.15) is 0 Å². The highest BCUT2D eigenvalue weighted by Gasteiger charge is 2.18. The van der Waals surface area contributed by atoms with E-state index in [-0.39, 0.29) is 5.97 Å². The molecule has 0 amide bonds. The minimum absolute atomic E-state index is 0.279. The molecule has 0 saturated heterocycles. The van der Waals surface area contributed by atoms with Gasteiger partial charge in [-0.15, -0.1) is 0 Å².